The Hall–Kier alpha value is -2.01. The molecule has 0 amide bonds. The smallest absolute Gasteiger partial charge is 0.466 e. The predicted octanol–water partition coefficient (Wildman–Crippen LogP) is -0.565. The molecule has 0 atom stereocenters. The van der Waals surface area contributed by atoms with Crippen LogP contribution in [0.2, 0.25) is 0 Å². The zero-order chi connectivity index (χ0) is 18.8. The molecule has 0 aliphatic heterocycles. The Labute approximate surface area is 119 Å². The van der Waals surface area contributed by atoms with Gasteiger partial charge >= 0.3 is 7.82 Å². The summed E-state index contributed by atoms with van der Waals surface area (Å²) in [5.74, 6) is -3.33. The summed E-state index contributed by atoms with van der Waals surface area (Å²) in [5, 5.41) is 29.7. The molecule has 0 aromatic heterocycles. The summed E-state index contributed by atoms with van der Waals surface area (Å²) in [5.41, 5.74) is 0. The molecule has 12 nitrogen and oxygen atoms in total. The molecule has 0 aromatic carbocycles. The van der Waals surface area contributed by atoms with E-state index in [1.807, 2.05) is 0 Å². The minimum Gasteiger partial charge on any atom is -0.481 e. The highest BCUT2D eigenvalue weighted by Crippen LogP contribution is 2.25. The average molecular weight is 338 g/mol. The summed E-state index contributed by atoms with van der Waals surface area (Å²) >= 11 is 0. The number of rotatable bonds is 0. The van der Waals surface area contributed by atoms with Gasteiger partial charge in [0.05, 0.1) is 0 Å². The van der Waals surface area contributed by atoms with Crippen LogP contribution < -0.4 is 0 Å². The molecule has 13 heteroatoms. The lowest BCUT2D eigenvalue weighted by atomic mass is 10.9. The number of hydrogen-bond donors (Lipinski definition) is 7. The molecule has 0 rings (SSSR count). The SMILES string of the molecule is CC(=O)O.CC(=O)O.CC(=O)O.CC(=O)O.O=P(O)(O)O. The lowest BCUT2D eigenvalue weighted by Crippen LogP contribution is -1.78. The Morgan fingerprint density at radius 1 is 0.571 bits per heavy atom. The van der Waals surface area contributed by atoms with E-state index in [4.69, 9.17) is 58.8 Å². The van der Waals surface area contributed by atoms with Gasteiger partial charge in [-0.2, -0.15) is 0 Å². The van der Waals surface area contributed by atoms with Crippen LogP contribution in [0.25, 0.3) is 0 Å². The van der Waals surface area contributed by atoms with Gasteiger partial charge in [-0.05, 0) is 0 Å². The van der Waals surface area contributed by atoms with Gasteiger partial charge < -0.3 is 35.1 Å². The molecule has 0 aliphatic rings. The normalized spacial score (nSPS) is 7.57. The Morgan fingerprint density at radius 3 is 0.571 bits per heavy atom. The van der Waals surface area contributed by atoms with Crippen molar-refractivity contribution in [2.75, 3.05) is 0 Å². The average Bonchev–Trinajstić information content (AvgIpc) is 1.91. The van der Waals surface area contributed by atoms with Crippen LogP contribution in [0.5, 0.6) is 0 Å². The van der Waals surface area contributed by atoms with Gasteiger partial charge in [-0.25, -0.2) is 4.57 Å². The highest BCUT2D eigenvalue weighted by Gasteiger charge is 2.00. The zero-order valence-corrected chi connectivity index (χ0v) is 12.5. The largest absolute Gasteiger partial charge is 0.481 e. The molecule has 0 radical (unpaired) electrons. The first-order valence-corrected chi connectivity index (χ1v) is 6.06. The van der Waals surface area contributed by atoms with E-state index in [0.29, 0.717) is 0 Å². The van der Waals surface area contributed by atoms with Gasteiger partial charge in [0.1, 0.15) is 0 Å². The van der Waals surface area contributed by atoms with Crippen LogP contribution >= 0.6 is 7.82 Å². The molecule has 0 saturated heterocycles. The second-order valence-corrected chi connectivity index (χ2v) is 3.62. The van der Waals surface area contributed by atoms with Gasteiger partial charge in [0.2, 0.25) is 0 Å². The lowest BCUT2D eigenvalue weighted by molar-refractivity contribution is -0.135. The highest BCUT2D eigenvalue weighted by molar-refractivity contribution is 7.45. The second-order valence-electron chi connectivity index (χ2n) is 2.59. The number of carboxylic acid groups (broad SMARTS) is 4. The molecule has 0 saturated carbocycles. The third-order valence-electron chi connectivity index (χ3n) is 0. The Morgan fingerprint density at radius 2 is 0.571 bits per heavy atom. The third-order valence-corrected chi connectivity index (χ3v) is 0. The van der Waals surface area contributed by atoms with Crippen molar-refractivity contribution in [2.45, 2.75) is 27.7 Å². The minimum absolute atomic E-state index is 0.833. The molecule has 0 bridgehead atoms. The van der Waals surface area contributed by atoms with Crippen LogP contribution in [-0.2, 0) is 23.7 Å². The number of aliphatic carboxylic acids is 4. The van der Waals surface area contributed by atoms with E-state index < -0.39 is 31.7 Å². The van der Waals surface area contributed by atoms with Crippen molar-refractivity contribution in [3.63, 3.8) is 0 Å². The Balaban J connectivity index is -0.0000000510. The van der Waals surface area contributed by atoms with Crippen molar-refractivity contribution in [3.05, 3.63) is 0 Å². The standard InChI is InChI=1S/4C2H4O2.H3O4P/c4*1-2(3)4;1-5(2,3)4/h4*1H3,(H,3,4);(H3,1,2,3,4). The Bertz CT molecular complexity index is 271. The van der Waals surface area contributed by atoms with Gasteiger partial charge in [-0.1, -0.05) is 0 Å². The second kappa shape index (κ2) is 20.3. The van der Waals surface area contributed by atoms with Crippen molar-refractivity contribution in [1.82, 2.24) is 0 Å². The molecular weight excluding hydrogens is 319 g/mol. The maximum atomic E-state index is 9.00. The number of carbonyl (C=O) groups is 4. The van der Waals surface area contributed by atoms with Crippen LogP contribution in [-0.4, -0.2) is 59.0 Å². The first-order valence-electron chi connectivity index (χ1n) is 4.49. The summed E-state index contributed by atoms with van der Waals surface area (Å²) in [4.78, 5) is 57.6. The fourth-order valence-electron chi connectivity index (χ4n) is 0. The maximum absolute atomic E-state index is 9.00. The molecule has 0 heterocycles. The van der Waals surface area contributed by atoms with Gasteiger partial charge in [0, 0.05) is 27.7 Å². The summed E-state index contributed by atoms with van der Waals surface area (Å²) in [7, 11) is -4.64. The monoisotopic (exact) mass is 338 g/mol. The first kappa shape index (κ1) is 31.4. The fraction of sp³-hybridized carbons (Fsp3) is 0.500. The van der Waals surface area contributed by atoms with Gasteiger partial charge in [0.15, 0.2) is 0 Å². The van der Waals surface area contributed by atoms with E-state index in [1.165, 1.54) is 0 Å². The van der Waals surface area contributed by atoms with Gasteiger partial charge in [-0.15, -0.1) is 0 Å². The minimum atomic E-state index is -4.64. The van der Waals surface area contributed by atoms with Crippen LogP contribution in [0.15, 0.2) is 0 Å². The van der Waals surface area contributed by atoms with E-state index in [2.05, 4.69) is 0 Å². The van der Waals surface area contributed by atoms with Crippen molar-refractivity contribution in [3.8, 4) is 0 Å². The van der Waals surface area contributed by atoms with Crippen LogP contribution in [0.1, 0.15) is 27.7 Å². The van der Waals surface area contributed by atoms with Gasteiger partial charge in [0.25, 0.3) is 23.9 Å². The molecule has 0 aliphatic carbocycles. The predicted molar refractivity (Wildman–Crippen MR) is 67.5 cm³/mol. The van der Waals surface area contributed by atoms with E-state index >= 15 is 0 Å². The lowest BCUT2D eigenvalue weighted by Gasteiger charge is -1.82. The Kier molecular flexibility index (Phi) is 30.4. The van der Waals surface area contributed by atoms with E-state index in [-0.39, 0.29) is 0 Å². The summed E-state index contributed by atoms with van der Waals surface area (Å²) in [6.45, 7) is 4.33. The van der Waals surface area contributed by atoms with Crippen molar-refractivity contribution in [1.29, 1.82) is 0 Å². The summed E-state index contributed by atoms with van der Waals surface area (Å²) in [6, 6.07) is 0. The molecule has 0 spiro atoms. The molecule has 128 valence electrons. The third kappa shape index (κ3) is 1140. The molecular formula is C8H19O12P. The van der Waals surface area contributed by atoms with Crippen molar-refractivity contribution < 1.29 is 58.8 Å². The highest BCUT2D eigenvalue weighted by atomic mass is 31.2. The number of carboxylic acids is 4. The van der Waals surface area contributed by atoms with Crippen molar-refractivity contribution >= 4 is 31.7 Å². The van der Waals surface area contributed by atoms with Crippen LogP contribution in [0.3, 0.4) is 0 Å². The van der Waals surface area contributed by atoms with Crippen LogP contribution in [0.4, 0.5) is 0 Å². The number of phosphoric acid groups is 1. The van der Waals surface area contributed by atoms with E-state index in [9.17, 15) is 0 Å². The van der Waals surface area contributed by atoms with E-state index in [1.54, 1.807) is 0 Å². The summed E-state index contributed by atoms with van der Waals surface area (Å²) in [6.07, 6.45) is 0. The maximum Gasteiger partial charge on any atom is 0.466 e. The van der Waals surface area contributed by atoms with Crippen LogP contribution in [0, 0.1) is 0 Å². The quantitative estimate of drug-likeness (QED) is 0.275. The fourth-order valence-corrected chi connectivity index (χ4v) is 0. The molecule has 0 fully saturated rings. The van der Waals surface area contributed by atoms with Crippen molar-refractivity contribution in [2.24, 2.45) is 0 Å². The van der Waals surface area contributed by atoms with Gasteiger partial charge in [-0.3, -0.25) is 19.2 Å². The molecule has 0 aromatic rings. The first-order chi connectivity index (χ1) is 8.93. The van der Waals surface area contributed by atoms with E-state index in [0.717, 1.165) is 27.7 Å². The molecule has 7 N–H and O–H groups in total. The summed E-state index contributed by atoms with van der Waals surface area (Å²) < 4.78 is 8.88. The number of hydrogen-bond acceptors (Lipinski definition) is 5. The molecule has 0 unspecified atom stereocenters. The molecule has 21 heavy (non-hydrogen) atoms. The topological polar surface area (TPSA) is 227 Å². The zero-order valence-electron chi connectivity index (χ0n) is 11.6.